The van der Waals surface area contributed by atoms with Crippen LogP contribution in [-0.2, 0) is 17.8 Å². The van der Waals surface area contributed by atoms with E-state index in [1.807, 2.05) is 60.1 Å². The summed E-state index contributed by atoms with van der Waals surface area (Å²) in [7, 11) is 0. The van der Waals surface area contributed by atoms with Crippen molar-refractivity contribution >= 4 is 34.4 Å². The van der Waals surface area contributed by atoms with E-state index in [2.05, 4.69) is 5.32 Å². The Morgan fingerprint density at radius 3 is 2.58 bits per heavy atom. The maximum Gasteiger partial charge on any atom is 0.224 e. The first kappa shape index (κ1) is 18.4. The van der Waals surface area contributed by atoms with Crippen LogP contribution in [-0.4, -0.2) is 18.3 Å². The van der Waals surface area contributed by atoms with Crippen molar-refractivity contribution in [3.8, 4) is 5.75 Å². The Morgan fingerprint density at radius 2 is 1.88 bits per heavy atom. The molecule has 0 fully saturated rings. The fraction of sp³-hybridized carbons (Fsp3) is 0.200. The van der Waals surface area contributed by atoms with Crippen molar-refractivity contribution in [3.05, 3.63) is 74.1 Å². The number of amides is 1. The molecule has 3 rings (SSSR count). The number of carbonyl (C=O) groups is 2. The Bertz CT molecular complexity index is 867. The van der Waals surface area contributed by atoms with Crippen molar-refractivity contribution < 1.29 is 14.3 Å². The van der Waals surface area contributed by atoms with Crippen LogP contribution in [0.1, 0.15) is 32.6 Å². The van der Waals surface area contributed by atoms with Gasteiger partial charge in [-0.25, -0.2) is 0 Å². The van der Waals surface area contributed by atoms with Crippen molar-refractivity contribution in [2.24, 2.45) is 0 Å². The molecule has 1 amide bonds. The third-order valence-electron chi connectivity index (χ3n) is 3.73. The molecule has 1 aromatic carbocycles. The molecule has 0 spiro atoms. The average Bonchev–Trinajstić information content (AvgIpc) is 3.33. The third-order valence-corrected chi connectivity index (χ3v) is 5.49. The molecule has 1 N–H and O–H groups in total. The summed E-state index contributed by atoms with van der Waals surface area (Å²) in [6, 6.07) is 13.1. The summed E-state index contributed by atoms with van der Waals surface area (Å²) in [6.07, 6.45) is 0.318. The van der Waals surface area contributed by atoms with E-state index in [0.717, 1.165) is 16.2 Å². The van der Waals surface area contributed by atoms with Crippen LogP contribution >= 0.6 is 22.7 Å². The fourth-order valence-corrected chi connectivity index (χ4v) is 3.98. The van der Waals surface area contributed by atoms with Gasteiger partial charge in [-0.05, 0) is 48.2 Å². The van der Waals surface area contributed by atoms with E-state index in [9.17, 15) is 9.59 Å². The molecule has 0 aliphatic heterocycles. The highest BCUT2D eigenvalue weighted by Gasteiger charge is 2.12. The van der Waals surface area contributed by atoms with Crippen LogP contribution in [0.2, 0.25) is 0 Å². The summed E-state index contributed by atoms with van der Waals surface area (Å²) < 4.78 is 5.39. The molecule has 2 heterocycles. The molecule has 0 saturated carbocycles. The minimum atomic E-state index is -0.0479. The Labute approximate surface area is 160 Å². The monoisotopic (exact) mass is 385 g/mol. The molecule has 2 aromatic heterocycles. The lowest BCUT2D eigenvalue weighted by atomic mass is 10.1. The van der Waals surface area contributed by atoms with Gasteiger partial charge in [0.25, 0.3) is 0 Å². The van der Waals surface area contributed by atoms with Crippen molar-refractivity contribution in [2.45, 2.75) is 19.9 Å². The third kappa shape index (κ3) is 4.80. The van der Waals surface area contributed by atoms with Crippen LogP contribution in [0.4, 0.5) is 0 Å². The molecule has 134 valence electrons. The highest BCUT2D eigenvalue weighted by molar-refractivity contribution is 7.14. The number of ether oxygens (including phenoxy) is 1. The van der Waals surface area contributed by atoms with Gasteiger partial charge in [0.2, 0.25) is 11.7 Å². The van der Waals surface area contributed by atoms with Gasteiger partial charge in [0, 0.05) is 15.8 Å². The Kier molecular flexibility index (Phi) is 6.20. The maximum atomic E-state index is 12.3. The Balaban J connectivity index is 1.51. The van der Waals surface area contributed by atoms with Crippen molar-refractivity contribution in [3.63, 3.8) is 0 Å². The van der Waals surface area contributed by atoms with Gasteiger partial charge in [-0.3, -0.25) is 9.59 Å². The van der Waals surface area contributed by atoms with Crippen LogP contribution in [0.25, 0.3) is 0 Å². The number of thiophene rings is 2. The zero-order valence-corrected chi connectivity index (χ0v) is 16.0. The van der Waals surface area contributed by atoms with Gasteiger partial charge in [0.05, 0.1) is 24.4 Å². The number of hydrogen-bond donors (Lipinski definition) is 1. The quantitative estimate of drug-likeness (QED) is 0.588. The van der Waals surface area contributed by atoms with Gasteiger partial charge in [0.15, 0.2) is 0 Å². The van der Waals surface area contributed by atoms with Gasteiger partial charge < -0.3 is 10.1 Å². The first-order valence-corrected chi connectivity index (χ1v) is 10.1. The van der Waals surface area contributed by atoms with Gasteiger partial charge in [0.1, 0.15) is 5.75 Å². The topological polar surface area (TPSA) is 55.4 Å². The highest BCUT2D eigenvalue weighted by atomic mass is 32.1. The number of ketones is 1. The van der Waals surface area contributed by atoms with E-state index in [1.54, 1.807) is 0 Å². The number of carbonyl (C=O) groups excluding carboxylic acids is 2. The fourth-order valence-electron chi connectivity index (χ4n) is 2.43. The van der Waals surface area contributed by atoms with E-state index in [1.165, 1.54) is 22.7 Å². The zero-order valence-electron chi connectivity index (χ0n) is 14.4. The van der Waals surface area contributed by atoms with E-state index in [0.29, 0.717) is 30.0 Å². The lowest BCUT2D eigenvalue weighted by Gasteiger charge is -2.06. The average molecular weight is 386 g/mol. The minimum absolute atomic E-state index is 0.0308. The van der Waals surface area contributed by atoms with Gasteiger partial charge >= 0.3 is 0 Å². The van der Waals surface area contributed by atoms with E-state index >= 15 is 0 Å². The maximum absolute atomic E-state index is 12.3. The molecule has 0 aliphatic rings. The number of benzene rings is 1. The molecule has 26 heavy (non-hydrogen) atoms. The number of nitrogens with one attached hydrogen (secondary N) is 1. The SMILES string of the molecule is CCOc1ccc(CC(=O)NCc2ccc(C(=O)c3ccsc3)s2)cc1. The molecular formula is C20H19NO3S2. The van der Waals surface area contributed by atoms with Gasteiger partial charge in [-0.2, -0.15) is 11.3 Å². The zero-order chi connectivity index (χ0) is 18.4. The standard InChI is InChI=1S/C20H19NO3S2/c1-2-24-16-5-3-14(4-6-16)11-19(22)21-12-17-7-8-18(26-17)20(23)15-9-10-25-13-15/h3-10,13H,2,11-12H2,1H3,(H,21,22). The summed E-state index contributed by atoms with van der Waals surface area (Å²) in [6.45, 7) is 2.99. The van der Waals surface area contributed by atoms with Crippen molar-refractivity contribution in [1.29, 1.82) is 0 Å². The van der Waals surface area contributed by atoms with Crippen LogP contribution in [0.15, 0.2) is 53.2 Å². The van der Waals surface area contributed by atoms with Crippen molar-refractivity contribution in [1.82, 2.24) is 5.32 Å². The summed E-state index contributed by atoms with van der Waals surface area (Å²) in [5, 5.41) is 6.64. The second kappa shape index (κ2) is 8.78. The molecule has 0 atom stereocenters. The normalized spacial score (nSPS) is 10.5. The summed E-state index contributed by atoms with van der Waals surface area (Å²) in [5.41, 5.74) is 1.65. The second-order valence-corrected chi connectivity index (χ2v) is 7.59. The molecule has 4 nitrogen and oxygen atoms in total. The molecule has 0 unspecified atom stereocenters. The smallest absolute Gasteiger partial charge is 0.224 e. The summed E-state index contributed by atoms with van der Waals surface area (Å²) in [4.78, 5) is 26.1. The van der Waals surface area contributed by atoms with E-state index in [-0.39, 0.29) is 11.7 Å². The molecule has 6 heteroatoms. The predicted octanol–water partition coefficient (Wildman–Crippen LogP) is 4.30. The minimum Gasteiger partial charge on any atom is -0.494 e. The Morgan fingerprint density at radius 1 is 1.08 bits per heavy atom. The summed E-state index contributed by atoms with van der Waals surface area (Å²) >= 11 is 2.93. The molecular weight excluding hydrogens is 366 g/mol. The van der Waals surface area contributed by atoms with Crippen LogP contribution in [0.3, 0.4) is 0 Å². The summed E-state index contributed by atoms with van der Waals surface area (Å²) in [5.74, 6) is 0.787. The van der Waals surface area contributed by atoms with Crippen molar-refractivity contribution in [2.75, 3.05) is 6.61 Å². The van der Waals surface area contributed by atoms with Crippen LogP contribution in [0, 0.1) is 0 Å². The second-order valence-electron chi connectivity index (χ2n) is 5.64. The number of rotatable bonds is 8. The first-order chi connectivity index (χ1) is 12.7. The lowest BCUT2D eigenvalue weighted by Crippen LogP contribution is -2.24. The number of hydrogen-bond acceptors (Lipinski definition) is 5. The van der Waals surface area contributed by atoms with Gasteiger partial charge in [-0.1, -0.05) is 12.1 Å². The molecule has 0 bridgehead atoms. The molecule has 0 radical (unpaired) electrons. The first-order valence-electron chi connectivity index (χ1n) is 8.29. The van der Waals surface area contributed by atoms with Crippen LogP contribution in [0.5, 0.6) is 5.75 Å². The molecule has 0 aliphatic carbocycles. The van der Waals surface area contributed by atoms with E-state index < -0.39 is 0 Å². The molecule has 3 aromatic rings. The van der Waals surface area contributed by atoms with E-state index in [4.69, 9.17) is 4.74 Å². The lowest BCUT2D eigenvalue weighted by molar-refractivity contribution is -0.120. The van der Waals surface area contributed by atoms with Crippen LogP contribution < -0.4 is 10.1 Å². The predicted molar refractivity (Wildman–Crippen MR) is 105 cm³/mol. The molecule has 0 saturated heterocycles. The highest BCUT2D eigenvalue weighted by Crippen LogP contribution is 2.21. The largest absolute Gasteiger partial charge is 0.494 e. The Hall–Kier alpha value is -2.44. The van der Waals surface area contributed by atoms with Gasteiger partial charge in [-0.15, -0.1) is 11.3 Å².